The highest BCUT2D eigenvalue weighted by molar-refractivity contribution is 5.84. The van der Waals surface area contributed by atoms with E-state index in [1.807, 2.05) is 18.2 Å². The molecule has 1 aliphatic heterocycles. The second-order valence-electron chi connectivity index (χ2n) is 5.45. The van der Waals surface area contributed by atoms with E-state index in [1.165, 1.54) is 10.4 Å². The van der Waals surface area contributed by atoms with Gasteiger partial charge in [-0.2, -0.15) is 0 Å². The maximum absolute atomic E-state index is 12.2. The number of hydrogen-bond donors (Lipinski definition) is 1. The molecule has 1 saturated heterocycles. The van der Waals surface area contributed by atoms with Crippen LogP contribution in [-0.4, -0.2) is 11.9 Å². The smallest absolute Gasteiger partial charge is 0.228 e. The molecule has 1 N–H and O–H groups in total. The molecule has 4 atom stereocenters. The zero-order chi connectivity index (χ0) is 12.8. The fraction of sp³-hybridized carbons (Fsp3) is 0.235. The zero-order valence-electron chi connectivity index (χ0n) is 10.5. The van der Waals surface area contributed by atoms with E-state index in [4.69, 9.17) is 0 Å². The summed E-state index contributed by atoms with van der Waals surface area (Å²) in [5, 5.41) is 5.65. The van der Waals surface area contributed by atoms with E-state index in [1.54, 1.807) is 0 Å². The molecule has 2 nitrogen and oxygen atoms in total. The predicted molar refractivity (Wildman–Crippen MR) is 75.3 cm³/mol. The summed E-state index contributed by atoms with van der Waals surface area (Å²) in [5.41, 5.74) is 0. The minimum atomic E-state index is -0.0128. The van der Waals surface area contributed by atoms with Crippen LogP contribution in [0.15, 0.2) is 48.6 Å². The standard InChI is InChI=1S/C17H15NO/c19-17-14-8-4-3-7-13(14)15-9-11-5-1-2-6-12(11)10-16(15)18-17/h1-10,13-16H,(H,18,19)/t13-,14+,15+,16+/m0/s1. The van der Waals surface area contributed by atoms with Gasteiger partial charge in [-0.25, -0.2) is 0 Å². The Kier molecular flexibility index (Phi) is 2.25. The molecule has 0 radical (unpaired) electrons. The molecular weight excluding hydrogens is 234 g/mol. The predicted octanol–water partition coefficient (Wildman–Crippen LogP) is 0.734. The highest BCUT2D eigenvalue weighted by Gasteiger charge is 2.40. The van der Waals surface area contributed by atoms with Gasteiger partial charge < -0.3 is 5.32 Å². The van der Waals surface area contributed by atoms with Gasteiger partial charge in [0.25, 0.3) is 0 Å². The molecule has 1 amide bonds. The number of carbonyl (C=O) groups excluding carboxylic acids is 1. The van der Waals surface area contributed by atoms with Gasteiger partial charge in [0.1, 0.15) is 0 Å². The van der Waals surface area contributed by atoms with Gasteiger partial charge in [-0.3, -0.25) is 4.79 Å². The van der Waals surface area contributed by atoms with Crippen molar-refractivity contribution in [2.24, 2.45) is 17.8 Å². The minimum Gasteiger partial charge on any atom is -0.349 e. The molecule has 0 bridgehead atoms. The number of benzene rings is 1. The van der Waals surface area contributed by atoms with E-state index in [2.05, 4.69) is 47.8 Å². The number of rotatable bonds is 0. The Morgan fingerprint density at radius 1 is 0.895 bits per heavy atom. The Hall–Kier alpha value is -2.09. The van der Waals surface area contributed by atoms with Crippen molar-refractivity contribution in [1.29, 1.82) is 0 Å². The van der Waals surface area contributed by atoms with Crippen LogP contribution in [0.5, 0.6) is 0 Å². The molecule has 4 rings (SSSR count). The minimum absolute atomic E-state index is 0.0128. The summed E-state index contributed by atoms with van der Waals surface area (Å²) in [6.07, 6.45) is 12.7. The molecule has 2 aliphatic carbocycles. The summed E-state index contributed by atoms with van der Waals surface area (Å²) in [4.78, 5) is 12.2. The van der Waals surface area contributed by atoms with E-state index < -0.39 is 0 Å². The lowest BCUT2D eigenvalue weighted by molar-refractivity contribution is -0.127. The molecule has 3 aliphatic rings. The number of hydrogen-bond acceptors (Lipinski definition) is 1. The molecular formula is C17H15NO. The second-order valence-corrected chi connectivity index (χ2v) is 5.45. The number of fused-ring (bicyclic) bond motifs is 4. The first-order chi connectivity index (χ1) is 9.33. The summed E-state index contributed by atoms with van der Waals surface area (Å²) in [5.74, 6) is 0.782. The summed E-state index contributed by atoms with van der Waals surface area (Å²) in [7, 11) is 0. The highest BCUT2D eigenvalue weighted by Crippen LogP contribution is 2.35. The Morgan fingerprint density at radius 3 is 2.47 bits per heavy atom. The van der Waals surface area contributed by atoms with Gasteiger partial charge in [0, 0.05) is 11.8 Å². The summed E-state index contributed by atoms with van der Waals surface area (Å²) >= 11 is 0. The number of carbonyl (C=O) groups is 1. The third kappa shape index (κ3) is 1.60. The first-order valence-corrected chi connectivity index (χ1v) is 6.77. The average Bonchev–Trinajstić information content (AvgIpc) is 2.46. The first kappa shape index (κ1) is 10.8. The van der Waals surface area contributed by atoms with Crippen LogP contribution in [0.25, 0.3) is 12.2 Å². The van der Waals surface area contributed by atoms with Crippen LogP contribution in [0.2, 0.25) is 0 Å². The van der Waals surface area contributed by atoms with Gasteiger partial charge in [-0.05, 0) is 10.4 Å². The second kappa shape index (κ2) is 3.95. The van der Waals surface area contributed by atoms with Crippen LogP contribution < -0.4 is 15.8 Å². The molecule has 0 saturated carbocycles. The van der Waals surface area contributed by atoms with Gasteiger partial charge in [-0.15, -0.1) is 0 Å². The van der Waals surface area contributed by atoms with E-state index in [0.29, 0.717) is 5.92 Å². The van der Waals surface area contributed by atoms with Crippen molar-refractivity contribution >= 4 is 18.1 Å². The van der Waals surface area contributed by atoms with Gasteiger partial charge in [0.05, 0.1) is 12.0 Å². The third-order valence-corrected chi connectivity index (χ3v) is 4.38. The van der Waals surface area contributed by atoms with Crippen LogP contribution in [0.3, 0.4) is 0 Å². The van der Waals surface area contributed by atoms with E-state index in [9.17, 15) is 4.79 Å². The maximum Gasteiger partial charge on any atom is 0.228 e. The van der Waals surface area contributed by atoms with Gasteiger partial charge in [-0.1, -0.05) is 60.7 Å². The Morgan fingerprint density at radius 2 is 1.63 bits per heavy atom. The van der Waals surface area contributed by atoms with Crippen molar-refractivity contribution in [3.63, 3.8) is 0 Å². The average molecular weight is 249 g/mol. The summed E-state index contributed by atoms with van der Waals surface area (Å²) < 4.78 is 0. The van der Waals surface area contributed by atoms with Crippen LogP contribution in [-0.2, 0) is 4.79 Å². The van der Waals surface area contributed by atoms with Crippen molar-refractivity contribution in [1.82, 2.24) is 5.32 Å². The molecule has 1 aromatic rings. The number of allylic oxidation sites excluding steroid dienone is 3. The Labute approximate surface area is 111 Å². The number of piperidine rings is 1. The SMILES string of the molecule is O=C1N[C@@H]2C=c3ccccc3=C[C@@H]2[C@H]2C=CC=C[C@@H]12. The van der Waals surface area contributed by atoms with Crippen LogP contribution in [0, 0.1) is 17.8 Å². The third-order valence-electron chi connectivity index (χ3n) is 4.38. The van der Waals surface area contributed by atoms with Crippen molar-refractivity contribution < 1.29 is 4.79 Å². The van der Waals surface area contributed by atoms with Crippen molar-refractivity contribution in [3.8, 4) is 0 Å². The molecule has 19 heavy (non-hydrogen) atoms. The van der Waals surface area contributed by atoms with Crippen LogP contribution in [0.4, 0.5) is 0 Å². The molecule has 94 valence electrons. The zero-order valence-corrected chi connectivity index (χ0v) is 10.5. The van der Waals surface area contributed by atoms with Gasteiger partial charge in [0.2, 0.25) is 5.91 Å². The molecule has 1 aromatic carbocycles. The van der Waals surface area contributed by atoms with Gasteiger partial charge >= 0.3 is 0 Å². The number of nitrogens with one attached hydrogen (secondary N) is 1. The van der Waals surface area contributed by atoms with E-state index in [0.717, 1.165) is 0 Å². The van der Waals surface area contributed by atoms with Crippen LogP contribution in [0.1, 0.15) is 0 Å². The van der Waals surface area contributed by atoms with E-state index in [-0.39, 0.29) is 23.8 Å². The van der Waals surface area contributed by atoms with Gasteiger partial charge in [0.15, 0.2) is 0 Å². The quantitative estimate of drug-likeness (QED) is 0.722. The fourth-order valence-corrected chi connectivity index (χ4v) is 3.43. The Bertz CT molecular complexity index is 713. The molecule has 0 aromatic heterocycles. The molecule has 1 fully saturated rings. The van der Waals surface area contributed by atoms with Crippen LogP contribution >= 0.6 is 0 Å². The molecule has 0 spiro atoms. The summed E-state index contributed by atoms with van der Waals surface area (Å²) in [6, 6.07) is 8.49. The fourth-order valence-electron chi connectivity index (χ4n) is 3.43. The molecule has 2 heteroatoms. The van der Waals surface area contributed by atoms with E-state index >= 15 is 0 Å². The summed E-state index contributed by atoms with van der Waals surface area (Å²) in [6.45, 7) is 0. The lowest BCUT2D eigenvalue weighted by Crippen LogP contribution is -2.55. The Balaban J connectivity index is 1.86. The highest BCUT2D eigenvalue weighted by atomic mass is 16.2. The van der Waals surface area contributed by atoms with Crippen molar-refractivity contribution in [3.05, 3.63) is 59.0 Å². The molecule has 1 heterocycles. The monoisotopic (exact) mass is 249 g/mol. The lowest BCUT2D eigenvalue weighted by atomic mass is 9.70. The lowest BCUT2D eigenvalue weighted by Gasteiger charge is -2.40. The van der Waals surface area contributed by atoms with Crippen molar-refractivity contribution in [2.75, 3.05) is 0 Å². The largest absolute Gasteiger partial charge is 0.349 e. The normalized spacial score (nSPS) is 34.2. The topological polar surface area (TPSA) is 29.1 Å². The number of amides is 1. The first-order valence-electron chi connectivity index (χ1n) is 6.77. The molecule has 0 unspecified atom stereocenters. The maximum atomic E-state index is 12.2. The van der Waals surface area contributed by atoms with Crippen molar-refractivity contribution in [2.45, 2.75) is 6.04 Å².